The molecule has 3 aromatic rings. The van der Waals surface area contributed by atoms with E-state index in [0.29, 0.717) is 18.0 Å². The van der Waals surface area contributed by atoms with Crippen molar-refractivity contribution in [3.8, 4) is 0 Å². The van der Waals surface area contributed by atoms with E-state index in [1.54, 1.807) is 11.0 Å². The average molecular weight is 341 g/mol. The maximum Gasteiger partial charge on any atom is 0.263 e. The van der Waals surface area contributed by atoms with E-state index in [1.807, 2.05) is 38.1 Å². The molecule has 1 amide bonds. The Balaban J connectivity index is 1.58. The lowest BCUT2D eigenvalue weighted by Gasteiger charge is -2.06. The highest BCUT2D eigenvalue weighted by atomic mass is 32.1. The van der Waals surface area contributed by atoms with Gasteiger partial charge in [-0.1, -0.05) is 31.2 Å². The normalized spacial score (nSPS) is 10.8. The first-order valence-electron chi connectivity index (χ1n) is 7.80. The number of carbonyl (C=O) groups excluding carboxylic acids is 1. The summed E-state index contributed by atoms with van der Waals surface area (Å²) in [5, 5.41) is 8.05. The summed E-state index contributed by atoms with van der Waals surface area (Å²) in [6.07, 6.45) is 4.07. The molecule has 7 heteroatoms. The number of aromatic nitrogens is 4. The summed E-state index contributed by atoms with van der Waals surface area (Å²) in [6.45, 7) is 5.11. The van der Waals surface area contributed by atoms with Gasteiger partial charge >= 0.3 is 0 Å². The maximum atomic E-state index is 12.3. The molecule has 0 saturated carbocycles. The van der Waals surface area contributed by atoms with Gasteiger partial charge in [-0.2, -0.15) is 5.10 Å². The molecule has 0 bridgehead atoms. The van der Waals surface area contributed by atoms with Crippen molar-refractivity contribution >= 4 is 17.2 Å². The lowest BCUT2D eigenvalue weighted by molar-refractivity contribution is 0.0954. The summed E-state index contributed by atoms with van der Waals surface area (Å²) in [4.78, 5) is 21.3. The Morgan fingerprint density at radius 3 is 2.62 bits per heavy atom. The molecule has 2 heterocycles. The lowest BCUT2D eigenvalue weighted by Crippen LogP contribution is -2.22. The van der Waals surface area contributed by atoms with Crippen molar-refractivity contribution in [2.45, 2.75) is 33.4 Å². The molecule has 0 atom stereocenters. The molecule has 1 aromatic carbocycles. The highest BCUT2D eigenvalue weighted by Crippen LogP contribution is 2.18. The Hall–Kier alpha value is -2.54. The minimum Gasteiger partial charge on any atom is -0.347 e. The van der Waals surface area contributed by atoms with Crippen LogP contribution in [0.1, 0.15) is 38.4 Å². The van der Waals surface area contributed by atoms with Gasteiger partial charge in [0.15, 0.2) is 0 Å². The van der Waals surface area contributed by atoms with Crippen LogP contribution in [0.5, 0.6) is 0 Å². The molecule has 0 spiro atoms. The number of hydrogen-bond donors (Lipinski definition) is 1. The molecule has 0 aliphatic rings. The smallest absolute Gasteiger partial charge is 0.263 e. The minimum absolute atomic E-state index is 0.0589. The van der Waals surface area contributed by atoms with Crippen LogP contribution in [0, 0.1) is 6.92 Å². The van der Waals surface area contributed by atoms with Crippen LogP contribution in [0.25, 0.3) is 0 Å². The fraction of sp³-hybridized carbons (Fsp3) is 0.294. The lowest BCUT2D eigenvalue weighted by atomic mass is 10.1. The van der Waals surface area contributed by atoms with E-state index in [9.17, 15) is 4.79 Å². The Morgan fingerprint density at radius 2 is 2.00 bits per heavy atom. The van der Waals surface area contributed by atoms with Crippen molar-refractivity contribution in [3.05, 3.63) is 63.6 Å². The third kappa shape index (κ3) is 3.86. The predicted molar refractivity (Wildman–Crippen MR) is 93.0 cm³/mol. The minimum atomic E-state index is -0.0589. The highest BCUT2D eigenvalue weighted by Gasteiger charge is 2.14. The number of hydrogen-bond acceptors (Lipinski definition) is 5. The second kappa shape index (κ2) is 7.35. The Bertz CT molecular complexity index is 808. The second-order valence-electron chi connectivity index (χ2n) is 5.47. The largest absolute Gasteiger partial charge is 0.347 e. The Morgan fingerprint density at radius 1 is 1.25 bits per heavy atom. The Labute approximate surface area is 144 Å². The molecule has 124 valence electrons. The fourth-order valence-electron chi connectivity index (χ4n) is 2.34. The van der Waals surface area contributed by atoms with Crippen LogP contribution in [0.4, 0.5) is 0 Å². The van der Waals surface area contributed by atoms with Gasteiger partial charge in [0.25, 0.3) is 5.91 Å². The number of nitrogens with zero attached hydrogens (tertiary/aromatic N) is 4. The Kier molecular flexibility index (Phi) is 5.00. The van der Waals surface area contributed by atoms with Crippen LogP contribution in [0.3, 0.4) is 0 Å². The van der Waals surface area contributed by atoms with Gasteiger partial charge in [-0.15, -0.1) is 11.3 Å². The van der Waals surface area contributed by atoms with Crippen LogP contribution in [0.2, 0.25) is 0 Å². The number of carbonyl (C=O) groups is 1. The standard InChI is InChI=1S/C17H19N5OS/c1-3-15-21-12(2)16(24-15)17(23)19-8-13-4-6-14(7-5-13)9-22-11-18-10-20-22/h4-7,10-11H,3,8-9H2,1-2H3,(H,19,23). The van der Waals surface area contributed by atoms with Crippen molar-refractivity contribution in [1.29, 1.82) is 0 Å². The molecule has 0 unspecified atom stereocenters. The molecule has 6 nitrogen and oxygen atoms in total. The topological polar surface area (TPSA) is 72.7 Å². The summed E-state index contributed by atoms with van der Waals surface area (Å²) in [6, 6.07) is 8.11. The number of benzene rings is 1. The van der Waals surface area contributed by atoms with E-state index in [0.717, 1.165) is 28.2 Å². The van der Waals surface area contributed by atoms with E-state index >= 15 is 0 Å². The number of amides is 1. The summed E-state index contributed by atoms with van der Waals surface area (Å²) in [5.41, 5.74) is 3.00. The van der Waals surface area contributed by atoms with E-state index in [1.165, 1.54) is 17.7 Å². The maximum absolute atomic E-state index is 12.3. The van der Waals surface area contributed by atoms with Crippen molar-refractivity contribution in [2.75, 3.05) is 0 Å². The van der Waals surface area contributed by atoms with Crippen LogP contribution < -0.4 is 5.32 Å². The predicted octanol–water partition coefficient (Wildman–Crippen LogP) is 2.58. The molecular weight excluding hydrogens is 322 g/mol. The molecule has 0 aliphatic carbocycles. The number of rotatable bonds is 6. The zero-order valence-electron chi connectivity index (χ0n) is 13.7. The molecule has 2 aromatic heterocycles. The fourth-order valence-corrected chi connectivity index (χ4v) is 3.26. The van der Waals surface area contributed by atoms with Crippen molar-refractivity contribution in [3.63, 3.8) is 0 Å². The zero-order chi connectivity index (χ0) is 16.9. The third-order valence-corrected chi connectivity index (χ3v) is 4.94. The third-order valence-electron chi connectivity index (χ3n) is 3.64. The quantitative estimate of drug-likeness (QED) is 0.748. The molecule has 24 heavy (non-hydrogen) atoms. The van der Waals surface area contributed by atoms with Gasteiger partial charge in [-0.05, 0) is 24.5 Å². The SMILES string of the molecule is CCc1nc(C)c(C(=O)NCc2ccc(Cn3cncn3)cc2)s1. The molecule has 3 rings (SSSR count). The molecule has 0 radical (unpaired) electrons. The van der Waals surface area contributed by atoms with Gasteiger partial charge in [-0.3, -0.25) is 4.79 Å². The van der Waals surface area contributed by atoms with Gasteiger partial charge in [0.1, 0.15) is 17.5 Å². The van der Waals surface area contributed by atoms with Crippen LogP contribution in [-0.2, 0) is 19.5 Å². The van der Waals surface area contributed by atoms with E-state index in [-0.39, 0.29) is 5.91 Å². The first-order chi connectivity index (χ1) is 11.7. The van der Waals surface area contributed by atoms with E-state index in [4.69, 9.17) is 0 Å². The molecular formula is C17H19N5OS. The first-order valence-corrected chi connectivity index (χ1v) is 8.62. The van der Waals surface area contributed by atoms with Crippen LogP contribution >= 0.6 is 11.3 Å². The van der Waals surface area contributed by atoms with E-state index < -0.39 is 0 Å². The zero-order valence-corrected chi connectivity index (χ0v) is 14.5. The monoisotopic (exact) mass is 341 g/mol. The average Bonchev–Trinajstić information content (AvgIpc) is 3.23. The van der Waals surface area contributed by atoms with E-state index in [2.05, 4.69) is 20.4 Å². The second-order valence-corrected chi connectivity index (χ2v) is 6.55. The molecule has 1 N–H and O–H groups in total. The number of thiazole rings is 1. The molecule has 0 fully saturated rings. The summed E-state index contributed by atoms with van der Waals surface area (Å²) in [5.74, 6) is -0.0589. The van der Waals surface area contributed by atoms with Crippen molar-refractivity contribution in [1.82, 2.24) is 25.1 Å². The van der Waals surface area contributed by atoms with Gasteiger partial charge in [0.05, 0.1) is 17.2 Å². The summed E-state index contributed by atoms with van der Waals surface area (Å²) in [7, 11) is 0. The van der Waals surface area contributed by atoms with Gasteiger partial charge in [0, 0.05) is 6.54 Å². The van der Waals surface area contributed by atoms with Crippen molar-refractivity contribution < 1.29 is 4.79 Å². The van der Waals surface area contributed by atoms with Crippen LogP contribution in [-0.4, -0.2) is 25.7 Å². The summed E-state index contributed by atoms with van der Waals surface area (Å²) < 4.78 is 1.77. The highest BCUT2D eigenvalue weighted by molar-refractivity contribution is 7.13. The summed E-state index contributed by atoms with van der Waals surface area (Å²) >= 11 is 1.47. The molecule has 0 saturated heterocycles. The number of nitrogens with one attached hydrogen (secondary N) is 1. The van der Waals surface area contributed by atoms with Gasteiger partial charge < -0.3 is 5.32 Å². The number of aryl methyl sites for hydroxylation is 2. The van der Waals surface area contributed by atoms with Gasteiger partial charge in [-0.25, -0.2) is 14.6 Å². The van der Waals surface area contributed by atoms with Gasteiger partial charge in [0.2, 0.25) is 0 Å². The van der Waals surface area contributed by atoms with Crippen molar-refractivity contribution in [2.24, 2.45) is 0 Å². The molecule has 0 aliphatic heterocycles. The van der Waals surface area contributed by atoms with Crippen LogP contribution in [0.15, 0.2) is 36.9 Å². The first kappa shape index (κ1) is 16.3.